The molecule has 0 unspecified atom stereocenters. The van der Waals surface area contributed by atoms with Gasteiger partial charge in [-0.3, -0.25) is 4.79 Å². The fourth-order valence-electron chi connectivity index (χ4n) is 2.87. The molecule has 1 fully saturated rings. The zero-order chi connectivity index (χ0) is 20.2. The van der Waals surface area contributed by atoms with Crippen LogP contribution < -0.4 is 10.1 Å². The highest BCUT2D eigenvalue weighted by molar-refractivity contribution is 8.03. The van der Waals surface area contributed by atoms with Crippen LogP contribution in [0.4, 0.5) is 10.8 Å². The second kappa shape index (κ2) is 8.90. The molecule has 4 rings (SSSR count). The SMILES string of the molecule is COc1ccc(Nc2nc(/C=C3/SCCN3C(=O)c3ccccc3Cl)cs2)cc1. The fraction of sp³-hybridized carbons (Fsp3) is 0.143. The number of hydrogen-bond donors (Lipinski definition) is 1. The monoisotopic (exact) mass is 443 g/mol. The predicted octanol–water partition coefficient (Wildman–Crippen LogP) is 5.74. The van der Waals surface area contributed by atoms with E-state index in [1.165, 1.54) is 11.3 Å². The highest BCUT2D eigenvalue weighted by Crippen LogP contribution is 2.33. The summed E-state index contributed by atoms with van der Waals surface area (Å²) < 4.78 is 5.18. The van der Waals surface area contributed by atoms with E-state index in [2.05, 4.69) is 10.3 Å². The Morgan fingerprint density at radius 3 is 2.79 bits per heavy atom. The quantitative estimate of drug-likeness (QED) is 0.545. The van der Waals surface area contributed by atoms with Crippen LogP contribution in [0.2, 0.25) is 5.02 Å². The Hall–Kier alpha value is -2.48. The maximum Gasteiger partial charge on any atom is 0.260 e. The summed E-state index contributed by atoms with van der Waals surface area (Å²) in [6.07, 6.45) is 1.95. The molecule has 5 nitrogen and oxygen atoms in total. The van der Waals surface area contributed by atoms with Crippen LogP contribution in [0.15, 0.2) is 58.9 Å². The molecular weight excluding hydrogens is 426 g/mol. The largest absolute Gasteiger partial charge is 0.497 e. The van der Waals surface area contributed by atoms with Crippen molar-refractivity contribution in [1.82, 2.24) is 9.88 Å². The van der Waals surface area contributed by atoms with Crippen LogP contribution in [-0.4, -0.2) is 35.2 Å². The van der Waals surface area contributed by atoms with Gasteiger partial charge in [-0.2, -0.15) is 0 Å². The average molecular weight is 444 g/mol. The molecule has 0 spiro atoms. The average Bonchev–Trinajstić information content (AvgIpc) is 3.38. The number of anilines is 2. The van der Waals surface area contributed by atoms with E-state index in [9.17, 15) is 4.79 Å². The van der Waals surface area contributed by atoms with Gasteiger partial charge in [-0.1, -0.05) is 23.7 Å². The molecule has 0 bridgehead atoms. The minimum Gasteiger partial charge on any atom is -0.497 e. The van der Waals surface area contributed by atoms with Crippen LogP contribution in [-0.2, 0) is 0 Å². The van der Waals surface area contributed by atoms with Crippen LogP contribution >= 0.6 is 34.7 Å². The first-order valence-corrected chi connectivity index (χ1v) is 11.2. The van der Waals surface area contributed by atoms with Crippen LogP contribution in [0, 0.1) is 0 Å². The molecule has 29 heavy (non-hydrogen) atoms. The van der Waals surface area contributed by atoms with Gasteiger partial charge in [-0.05, 0) is 42.5 Å². The molecule has 2 heterocycles. The van der Waals surface area contributed by atoms with E-state index in [0.29, 0.717) is 17.1 Å². The van der Waals surface area contributed by atoms with E-state index >= 15 is 0 Å². The fourth-order valence-corrected chi connectivity index (χ4v) is 4.79. The highest BCUT2D eigenvalue weighted by atomic mass is 35.5. The molecule has 2 aromatic carbocycles. The Labute approximate surface area is 182 Å². The first-order valence-electron chi connectivity index (χ1n) is 8.91. The van der Waals surface area contributed by atoms with Gasteiger partial charge < -0.3 is 15.0 Å². The number of nitrogens with one attached hydrogen (secondary N) is 1. The molecule has 1 N–H and O–H groups in total. The molecule has 3 aromatic rings. The summed E-state index contributed by atoms with van der Waals surface area (Å²) in [6, 6.07) is 14.8. The summed E-state index contributed by atoms with van der Waals surface area (Å²) in [5, 5.41) is 7.39. The van der Waals surface area contributed by atoms with Crippen molar-refractivity contribution in [3.8, 4) is 5.75 Å². The zero-order valence-corrected chi connectivity index (χ0v) is 18.0. The number of ether oxygens (including phenoxy) is 1. The van der Waals surface area contributed by atoms with Crippen molar-refractivity contribution in [3.63, 3.8) is 0 Å². The minimum atomic E-state index is -0.0846. The summed E-state index contributed by atoms with van der Waals surface area (Å²) in [4.78, 5) is 19.3. The number of carbonyl (C=O) groups is 1. The lowest BCUT2D eigenvalue weighted by atomic mass is 10.2. The van der Waals surface area contributed by atoms with Gasteiger partial charge in [0, 0.05) is 23.4 Å². The van der Waals surface area contributed by atoms with Crippen LogP contribution in [0.5, 0.6) is 5.75 Å². The van der Waals surface area contributed by atoms with Crippen LogP contribution in [0.25, 0.3) is 6.08 Å². The number of methoxy groups -OCH3 is 1. The van der Waals surface area contributed by atoms with E-state index in [0.717, 1.165) is 33.0 Å². The molecule has 1 amide bonds. The third-order valence-corrected chi connectivity index (χ3v) is 6.44. The summed E-state index contributed by atoms with van der Waals surface area (Å²) in [5.41, 5.74) is 2.26. The molecule has 0 atom stereocenters. The normalized spacial score (nSPS) is 15.0. The van der Waals surface area contributed by atoms with E-state index in [-0.39, 0.29) is 5.91 Å². The Morgan fingerprint density at radius 1 is 1.24 bits per heavy atom. The molecule has 1 saturated heterocycles. The van der Waals surface area contributed by atoms with Gasteiger partial charge in [0.15, 0.2) is 5.13 Å². The molecule has 0 aliphatic carbocycles. The van der Waals surface area contributed by atoms with E-state index in [4.69, 9.17) is 16.3 Å². The third-order valence-electron chi connectivity index (χ3n) is 4.31. The molecular formula is C21H18ClN3O2S2. The topological polar surface area (TPSA) is 54.5 Å². The summed E-state index contributed by atoms with van der Waals surface area (Å²) in [5.74, 6) is 1.57. The zero-order valence-electron chi connectivity index (χ0n) is 15.6. The number of thioether (sulfide) groups is 1. The number of hydrogen-bond acceptors (Lipinski definition) is 6. The number of thiazole rings is 1. The summed E-state index contributed by atoms with van der Waals surface area (Å²) in [6.45, 7) is 0.654. The lowest BCUT2D eigenvalue weighted by Crippen LogP contribution is -2.26. The van der Waals surface area contributed by atoms with Gasteiger partial charge in [0.05, 0.1) is 28.4 Å². The number of amides is 1. The van der Waals surface area contributed by atoms with E-state index < -0.39 is 0 Å². The van der Waals surface area contributed by atoms with Crippen molar-refractivity contribution in [2.24, 2.45) is 0 Å². The number of nitrogens with zero attached hydrogens (tertiary/aromatic N) is 2. The maximum absolute atomic E-state index is 12.9. The molecule has 1 aromatic heterocycles. The Kier molecular flexibility index (Phi) is 6.08. The molecule has 0 radical (unpaired) electrons. The minimum absolute atomic E-state index is 0.0846. The smallest absolute Gasteiger partial charge is 0.260 e. The van der Waals surface area contributed by atoms with Gasteiger partial charge in [0.2, 0.25) is 0 Å². The standard InChI is InChI=1S/C21H18ClN3O2S2/c1-27-16-8-6-14(7-9-16)23-21-24-15(13-29-21)12-19-25(10-11-28-19)20(26)17-4-2-3-5-18(17)22/h2-9,12-13H,10-11H2,1H3,(H,23,24)/b19-12+. The third kappa shape index (κ3) is 4.58. The van der Waals surface area contributed by atoms with Gasteiger partial charge >= 0.3 is 0 Å². The first kappa shape index (κ1) is 19.8. The molecule has 1 aliphatic heterocycles. The van der Waals surface area contributed by atoms with Crippen molar-refractivity contribution in [2.45, 2.75) is 0 Å². The van der Waals surface area contributed by atoms with Crippen molar-refractivity contribution < 1.29 is 9.53 Å². The number of aromatic nitrogens is 1. The second-order valence-corrected chi connectivity index (χ2v) is 8.58. The van der Waals surface area contributed by atoms with E-state index in [1.54, 1.807) is 35.9 Å². The Balaban J connectivity index is 1.50. The molecule has 1 aliphatic rings. The lowest BCUT2D eigenvalue weighted by molar-refractivity contribution is 0.0831. The predicted molar refractivity (Wildman–Crippen MR) is 121 cm³/mol. The lowest BCUT2D eigenvalue weighted by Gasteiger charge is -2.17. The maximum atomic E-state index is 12.9. The van der Waals surface area contributed by atoms with Crippen LogP contribution in [0.1, 0.15) is 16.1 Å². The van der Waals surface area contributed by atoms with Crippen molar-refractivity contribution >= 4 is 57.5 Å². The van der Waals surface area contributed by atoms with Crippen molar-refractivity contribution in [2.75, 3.05) is 24.7 Å². The molecule has 8 heteroatoms. The number of carbonyl (C=O) groups excluding carboxylic acids is 1. The van der Waals surface area contributed by atoms with Gasteiger partial charge in [-0.15, -0.1) is 23.1 Å². The van der Waals surface area contributed by atoms with Crippen molar-refractivity contribution in [3.05, 3.63) is 75.2 Å². The first-order chi connectivity index (χ1) is 14.1. The molecule has 0 saturated carbocycles. The van der Waals surface area contributed by atoms with Gasteiger partial charge in [0.25, 0.3) is 5.91 Å². The number of halogens is 1. The highest BCUT2D eigenvalue weighted by Gasteiger charge is 2.26. The Morgan fingerprint density at radius 2 is 2.03 bits per heavy atom. The van der Waals surface area contributed by atoms with Gasteiger partial charge in [-0.25, -0.2) is 4.98 Å². The Bertz CT molecular complexity index is 1050. The van der Waals surface area contributed by atoms with Crippen LogP contribution in [0.3, 0.4) is 0 Å². The van der Waals surface area contributed by atoms with Gasteiger partial charge in [0.1, 0.15) is 5.75 Å². The number of benzene rings is 2. The van der Waals surface area contributed by atoms with Crippen molar-refractivity contribution in [1.29, 1.82) is 0 Å². The summed E-state index contributed by atoms with van der Waals surface area (Å²) in [7, 11) is 1.64. The van der Waals surface area contributed by atoms with E-state index in [1.807, 2.05) is 47.9 Å². The molecule has 148 valence electrons. The second-order valence-electron chi connectivity index (χ2n) is 6.20. The summed E-state index contributed by atoms with van der Waals surface area (Å²) >= 11 is 9.36. The number of rotatable bonds is 5.